The van der Waals surface area contributed by atoms with Crippen molar-refractivity contribution in [2.45, 2.75) is 25.3 Å². The molecule has 1 unspecified atom stereocenters. The number of rotatable bonds is 6. The lowest BCUT2D eigenvalue weighted by atomic mass is 10.0. The van der Waals surface area contributed by atoms with Crippen molar-refractivity contribution in [1.82, 2.24) is 15.6 Å². The summed E-state index contributed by atoms with van der Waals surface area (Å²) < 4.78 is 27.1. The molecule has 32 heavy (non-hydrogen) atoms. The molecule has 0 spiro atoms. The summed E-state index contributed by atoms with van der Waals surface area (Å²) >= 11 is 0. The highest BCUT2D eigenvalue weighted by Crippen LogP contribution is 2.31. The van der Waals surface area contributed by atoms with Gasteiger partial charge in [0, 0.05) is 24.4 Å². The highest BCUT2D eigenvalue weighted by Gasteiger charge is 2.25. The zero-order valence-corrected chi connectivity index (χ0v) is 17.0. The molecular weight excluding hydrogens is 414 g/mol. The van der Waals surface area contributed by atoms with E-state index < -0.39 is 11.9 Å². The Balaban J connectivity index is 1.61. The number of nitriles is 1. The molecule has 0 bridgehead atoms. The van der Waals surface area contributed by atoms with Crippen LogP contribution in [0, 0.1) is 23.0 Å². The van der Waals surface area contributed by atoms with Crippen LogP contribution in [0.2, 0.25) is 0 Å². The normalized spacial score (nSPS) is 15.3. The van der Waals surface area contributed by atoms with Gasteiger partial charge in [-0.1, -0.05) is 0 Å². The van der Waals surface area contributed by atoms with Gasteiger partial charge in [-0.25, -0.2) is 8.78 Å². The number of H-pyrrole nitrogens is 1. The first-order valence-corrected chi connectivity index (χ1v) is 10.2. The number of halogens is 2. The minimum absolute atomic E-state index is 0.0730. The lowest BCUT2D eigenvalue weighted by molar-refractivity contribution is -0.127. The van der Waals surface area contributed by atoms with Crippen molar-refractivity contribution in [1.29, 1.82) is 5.26 Å². The molecule has 2 heterocycles. The van der Waals surface area contributed by atoms with Crippen molar-refractivity contribution in [3.8, 4) is 28.6 Å². The van der Waals surface area contributed by atoms with Gasteiger partial charge >= 0.3 is 0 Å². The first kappa shape index (κ1) is 21.2. The molecule has 3 aromatic rings. The SMILES string of the molecule is N#Cc1cc(-c2cc(CCC(=O)NC3CCNC3=O)c(-c3ccc(F)cc3)[nH]2)ccc1F. The van der Waals surface area contributed by atoms with Gasteiger partial charge in [0.2, 0.25) is 11.8 Å². The predicted molar refractivity (Wildman–Crippen MR) is 114 cm³/mol. The molecule has 0 radical (unpaired) electrons. The summed E-state index contributed by atoms with van der Waals surface area (Å²) in [6.45, 7) is 0.544. The van der Waals surface area contributed by atoms with E-state index in [2.05, 4.69) is 15.6 Å². The zero-order valence-electron chi connectivity index (χ0n) is 17.0. The van der Waals surface area contributed by atoms with E-state index in [1.807, 2.05) is 12.1 Å². The molecule has 162 valence electrons. The third kappa shape index (κ3) is 4.52. The predicted octanol–water partition coefficient (Wildman–Crippen LogP) is 3.44. The first-order valence-electron chi connectivity index (χ1n) is 10.2. The van der Waals surface area contributed by atoms with Gasteiger partial charge in [-0.3, -0.25) is 9.59 Å². The molecule has 1 aliphatic rings. The van der Waals surface area contributed by atoms with Crippen LogP contribution in [0.25, 0.3) is 22.5 Å². The number of hydrogen-bond donors (Lipinski definition) is 3. The second kappa shape index (κ2) is 9.02. The van der Waals surface area contributed by atoms with E-state index in [9.17, 15) is 18.4 Å². The van der Waals surface area contributed by atoms with E-state index in [0.717, 1.165) is 11.1 Å². The Labute approximate surface area is 183 Å². The summed E-state index contributed by atoms with van der Waals surface area (Å²) in [5.41, 5.74) is 3.42. The number of carbonyl (C=O) groups is 2. The van der Waals surface area contributed by atoms with Gasteiger partial charge in [0.1, 0.15) is 23.7 Å². The minimum atomic E-state index is -0.602. The zero-order chi connectivity index (χ0) is 22.7. The molecule has 1 aromatic heterocycles. The van der Waals surface area contributed by atoms with E-state index in [1.165, 1.54) is 24.3 Å². The summed E-state index contributed by atoms with van der Waals surface area (Å²) in [6, 6.07) is 13.3. The van der Waals surface area contributed by atoms with Crippen LogP contribution in [-0.4, -0.2) is 29.4 Å². The van der Waals surface area contributed by atoms with E-state index in [-0.39, 0.29) is 29.6 Å². The van der Waals surface area contributed by atoms with Crippen molar-refractivity contribution < 1.29 is 18.4 Å². The third-order valence-electron chi connectivity index (χ3n) is 5.44. The van der Waals surface area contributed by atoms with Gasteiger partial charge in [0.25, 0.3) is 0 Å². The van der Waals surface area contributed by atoms with Gasteiger partial charge in [0.05, 0.1) is 5.56 Å². The lowest BCUT2D eigenvalue weighted by Crippen LogP contribution is -2.40. The number of hydrogen-bond acceptors (Lipinski definition) is 3. The monoisotopic (exact) mass is 434 g/mol. The summed E-state index contributed by atoms with van der Waals surface area (Å²) in [5.74, 6) is -1.39. The Bertz CT molecular complexity index is 1210. The largest absolute Gasteiger partial charge is 0.354 e. The quantitative estimate of drug-likeness (QED) is 0.554. The van der Waals surface area contributed by atoms with Crippen LogP contribution in [-0.2, 0) is 16.0 Å². The Morgan fingerprint density at radius 1 is 1.12 bits per heavy atom. The van der Waals surface area contributed by atoms with Crippen molar-refractivity contribution in [3.63, 3.8) is 0 Å². The van der Waals surface area contributed by atoms with Crippen LogP contribution in [0.4, 0.5) is 8.78 Å². The topological polar surface area (TPSA) is 97.8 Å². The fourth-order valence-electron chi connectivity index (χ4n) is 3.75. The number of aromatic amines is 1. The van der Waals surface area contributed by atoms with Crippen LogP contribution < -0.4 is 10.6 Å². The van der Waals surface area contributed by atoms with E-state index in [0.29, 0.717) is 36.3 Å². The second-order valence-corrected chi connectivity index (χ2v) is 7.60. The summed E-state index contributed by atoms with van der Waals surface area (Å²) in [4.78, 5) is 27.3. The Morgan fingerprint density at radius 2 is 1.88 bits per heavy atom. The molecule has 2 aromatic carbocycles. The summed E-state index contributed by atoms with van der Waals surface area (Å²) in [6.07, 6.45) is 1.09. The smallest absolute Gasteiger partial charge is 0.242 e. The van der Waals surface area contributed by atoms with Crippen molar-refractivity contribution in [2.75, 3.05) is 6.54 Å². The average Bonchev–Trinajstić information content (AvgIpc) is 3.39. The fourth-order valence-corrected chi connectivity index (χ4v) is 3.75. The van der Waals surface area contributed by atoms with Crippen LogP contribution in [0.3, 0.4) is 0 Å². The van der Waals surface area contributed by atoms with Gasteiger partial charge in [-0.15, -0.1) is 0 Å². The molecule has 1 fully saturated rings. The number of amides is 2. The van der Waals surface area contributed by atoms with Crippen molar-refractivity contribution >= 4 is 11.8 Å². The Morgan fingerprint density at radius 3 is 2.56 bits per heavy atom. The number of benzene rings is 2. The molecule has 2 amide bonds. The number of aromatic nitrogens is 1. The van der Waals surface area contributed by atoms with Gasteiger partial charge in [-0.05, 0) is 78.1 Å². The van der Waals surface area contributed by atoms with Crippen LogP contribution in [0.5, 0.6) is 0 Å². The van der Waals surface area contributed by atoms with Crippen molar-refractivity contribution in [2.24, 2.45) is 0 Å². The second-order valence-electron chi connectivity index (χ2n) is 7.60. The lowest BCUT2D eigenvalue weighted by Gasteiger charge is -2.10. The minimum Gasteiger partial charge on any atom is -0.354 e. The van der Waals surface area contributed by atoms with Crippen molar-refractivity contribution in [3.05, 3.63) is 71.3 Å². The number of aryl methyl sites for hydroxylation is 1. The van der Waals surface area contributed by atoms with Crippen LogP contribution in [0.15, 0.2) is 48.5 Å². The highest BCUT2D eigenvalue weighted by molar-refractivity contribution is 5.89. The molecule has 1 saturated heterocycles. The molecule has 6 nitrogen and oxygen atoms in total. The number of nitrogens with one attached hydrogen (secondary N) is 3. The van der Waals surface area contributed by atoms with Crippen LogP contribution in [0.1, 0.15) is 24.0 Å². The molecule has 3 N–H and O–H groups in total. The Kier molecular flexibility index (Phi) is 5.99. The molecule has 1 aliphatic heterocycles. The van der Waals surface area contributed by atoms with Crippen LogP contribution >= 0.6 is 0 Å². The third-order valence-corrected chi connectivity index (χ3v) is 5.44. The number of nitrogens with zero attached hydrogens (tertiary/aromatic N) is 1. The summed E-state index contributed by atoms with van der Waals surface area (Å²) in [7, 11) is 0. The maximum atomic E-state index is 13.7. The Hall–Kier alpha value is -3.99. The van der Waals surface area contributed by atoms with Gasteiger partial charge < -0.3 is 15.6 Å². The average molecular weight is 434 g/mol. The molecule has 8 heteroatoms. The maximum Gasteiger partial charge on any atom is 0.242 e. The van der Waals surface area contributed by atoms with E-state index in [4.69, 9.17) is 5.26 Å². The van der Waals surface area contributed by atoms with Gasteiger partial charge in [-0.2, -0.15) is 5.26 Å². The number of carbonyl (C=O) groups excluding carboxylic acids is 2. The van der Waals surface area contributed by atoms with Gasteiger partial charge in [0.15, 0.2) is 0 Å². The molecule has 0 saturated carbocycles. The highest BCUT2D eigenvalue weighted by atomic mass is 19.1. The summed E-state index contributed by atoms with van der Waals surface area (Å²) in [5, 5.41) is 14.5. The molecule has 0 aliphatic carbocycles. The molecule has 4 rings (SSSR count). The first-order chi connectivity index (χ1) is 15.4. The standard InChI is InChI=1S/C24H20F2N4O2/c25-18-5-1-14(2-6-18)23-16(4-8-22(31)29-20-9-10-28-24(20)32)12-21(30-23)15-3-7-19(26)17(11-15)13-27/h1-3,5-7,11-12,20,30H,4,8-10H2,(H,28,32)(H,29,31). The maximum absolute atomic E-state index is 13.7. The van der Waals surface area contributed by atoms with E-state index in [1.54, 1.807) is 18.2 Å². The van der Waals surface area contributed by atoms with E-state index >= 15 is 0 Å². The molecular formula is C24H20F2N4O2. The molecule has 1 atom stereocenters. The fraction of sp³-hybridized carbons (Fsp3) is 0.208.